The molecule has 0 saturated carbocycles. The quantitative estimate of drug-likeness (QED) is 0.734. The minimum Gasteiger partial charge on any atom is -0.380 e. The highest BCUT2D eigenvalue weighted by Crippen LogP contribution is 2.29. The number of hydrogen-bond acceptors (Lipinski definition) is 3. The highest BCUT2D eigenvalue weighted by atomic mass is 16.5. The average Bonchev–Trinajstić information content (AvgIpc) is 2.45. The van der Waals surface area contributed by atoms with Gasteiger partial charge in [0.2, 0.25) is 0 Å². The van der Waals surface area contributed by atoms with Crippen molar-refractivity contribution in [2.45, 2.75) is 53.1 Å². The van der Waals surface area contributed by atoms with Crippen molar-refractivity contribution in [2.75, 3.05) is 39.8 Å². The molecule has 0 amide bonds. The van der Waals surface area contributed by atoms with E-state index in [2.05, 4.69) is 37.9 Å². The molecule has 1 aliphatic heterocycles. The lowest BCUT2D eigenvalue weighted by Gasteiger charge is -2.42. The Morgan fingerprint density at radius 2 is 1.95 bits per heavy atom. The van der Waals surface area contributed by atoms with Crippen LogP contribution in [0.25, 0.3) is 0 Å². The molecule has 19 heavy (non-hydrogen) atoms. The highest BCUT2D eigenvalue weighted by molar-refractivity contribution is 4.87. The first-order chi connectivity index (χ1) is 9.10. The maximum absolute atomic E-state index is 5.64. The smallest absolute Gasteiger partial charge is 0.0724 e. The molecule has 1 rings (SSSR count). The van der Waals surface area contributed by atoms with E-state index >= 15 is 0 Å². The Kier molecular flexibility index (Phi) is 7.33. The molecule has 0 radical (unpaired) electrons. The Morgan fingerprint density at radius 1 is 1.26 bits per heavy atom. The minimum absolute atomic E-state index is 0.416. The third kappa shape index (κ3) is 4.73. The van der Waals surface area contributed by atoms with Crippen molar-refractivity contribution in [3.05, 3.63) is 0 Å². The van der Waals surface area contributed by atoms with Gasteiger partial charge in [0.1, 0.15) is 0 Å². The number of methoxy groups -OCH3 is 1. The molecule has 2 atom stereocenters. The maximum Gasteiger partial charge on any atom is 0.0724 e. The number of ether oxygens (including phenoxy) is 1. The summed E-state index contributed by atoms with van der Waals surface area (Å²) in [5, 5.41) is 3.56. The van der Waals surface area contributed by atoms with Crippen molar-refractivity contribution in [1.82, 2.24) is 10.2 Å². The van der Waals surface area contributed by atoms with Gasteiger partial charge in [0.25, 0.3) is 0 Å². The van der Waals surface area contributed by atoms with Crippen LogP contribution in [0.4, 0.5) is 0 Å². The third-order valence-corrected chi connectivity index (χ3v) is 5.09. The lowest BCUT2D eigenvalue weighted by Crippen LogP contribution is -2.50. The van der Waals surface area contributed by atoms with Gasteiger partial charge in [-0.3, -0.25) is 0 Å². The first-order valence-electron chi connectivity index (χ1n) is 8.06. The maximum atomic E-state index is 5.64. The molecule has 114 valence electrons. The molecule has 0 aromatic rings. The zero-order chi connectivity index (χ0) is 14.3. The zero-order valence-electron chi connectivity index (χ0n) is 13.7. The minimum atomic E-state index is 0.416. The van der Waals surface area contributed by atoms with Gasteiger partial charge in [0.15, 0.2) is 0 Å². The van der Waals surface area contributed by atoms with E-state index in [0.29, 0.717) is 17.4 Å². The second-order valence-corrected chi connectivity index (χ2v) is 6.26. The number of piperidine rings is 1. The summed E-state index contributed by atoms with van der Waals surface area (Å²) in [6.45, 7) is 14.9. The Hall–Kier alpha value is -0.120. The fraction of sp³-hybridized carbons (Fsp3) is 1.00. The number of nitrogens with one attached hydrogen (secondary N) is 1. The molecule has 2 unspecified atom stereocenters. The number of hydrogen-bond donors (Lipinski definition) is 1. The van der Waals surface area contributed by atoms with E-state index in [0.717, 1.165) is 19.6 Å². The van der Waals surface area contributed by atoms with Crippen molar-refractivity contribution >= 4 is 0 Å². The topological polar surface area (TPSA) is 24.5 Å². The van der Waals surface area contributed by atoms with Crippen molar-refractivity contribution < 1.29 is 4.74 Å². The number of nitrogens with zero attached hydrogens (tertiary/aromatic N) is 1. The van der Waals surface area contributed by atoms with E-state index in [1.807, 2.05) is 7.11 Å². The van der Waals surface area contributed by atoms with Crippen LogP contribution in [-0.4, -0.2) is 50.8 Å². The molecule has 0 spiro atoms. The molecule has 1 saturated heterocycles. The van der Waals surface area contributed by atoms with E-state index in [9.17, 15) is 0 Å². The van der Waals surface area contributed by atoms with Crippen molar-refractivity contribution in [3.63, 3.8) is 0 Å². The van der Waals surface area contributed by atoms with Crippen LogP contribution in [0.5, 0.6) is 0 Å². The van der Waals surface area contributed by atoms with Crippen LogP contribution in [-0.2, 0) is 4.74 Å². The van der Waals surface area contributed by atoms with Crippen LogP contribution < -0.4 is 5.32 Å². The summed E-state index contributed by atoms with van der Waals surface area (Å²) >= 11 is 0. The predicted molar refractivity (Wildman–Crippen MR) is 82.6 cm³/mol. The second kappa shape index (κ2) is 8.23. The van der Waals surface area contributed by atoms with Crippen LogP contribution >= 0.6 is 0 Å². The van der Waals surface area contributed by atoms with E-state index in [1.54, 1.807) is 0 Å². The predicted octanol–water partition coefficient (Wildman–Crippen LogP) is 2.76. The highest BCUT2D eigenvalue weighted by Gasteiger charge is 2.32. The lowest BCUT2D eigenvalue weighted by molar-refractivity contribution is -0.0192. The van der Waals surface area contributed by atoms with Gasteiger partial charge in [-0.25, -0.2) is 0 Å². The summed E-state index contributed by atoms with van der Waals surface area (Å²) < 4.78 is 5.64. The van der Waals surface area contributed by atoms with Gasteiger partial charge >= 0.3 is 0 Å². The fourth-order valence-corrected chi connectivity index (χ4v) is 3.19. The lowest BCUT2D eigenvalue weighted by atomic mass is 9.80. The molecule has 0 aromatic heterocycles. The monoisotopic (exact) mass is 270 g/mol. The summed E-state index contributed by atoms with van der Waals surface area (Å²) in [5.74, 6) is 0.702. The van der Waals surface area contributed by atoms with Crippen molar-refractivity contribution in [1.29, 1.82) is 0 Å². The summed E-state index contributed by atoms with van der Waals surface area (Å²) in [4.78, 5) is 2.62. The van der Waals surface area contributed by atoms with E-state index < -0.39 is 0 Å². The Bertz CT molecular complexity index is 241. The zero-order valence-corrected chi connectivity index (χ0v) is 13.7. The van der Waals surface area contributed by atoms with Crippen LogP contribution in [0.3, 0.4) is 0 Å². The molecule has 1 fully saturated rings. The number of likely N-dealkylation sites (tertiary alicyclic amines) is 1. The standard InChI is InChI=1S/C16H34N2O/c1-6-16(7-2,12-17-8-3)13-18-10-9-14(4)15(11-18)19-5/h14-15,17H,6-13H2,1-5H3. The number of rotatable bonds is 8. The molecule has 1 aliphatic rings. The Morgan fingerprint density at radius 3 is 2.47 bits per heavy atom. The van der Waals surface area contributed by atoms with Gasteiger partial charge in [0, 0.05) is 26.7 Å². The Labute approximate surface area is 120 Å². The molecule has 3 heteroatoms. The average molecular weight is 270 g/mol. The first-order valence-corrected chi connectivity index (χ1v) is 8.06. The molecule has 1 N–H and O–H groups in total. The van der Waals surface area contributed by atoms with Gasteiger partial charge in [0.05, 0.1) is 6.10 Å². The molecular weight excluding hydrogens is 236 g/mol. The van der Waals surface area contributed by atoms with Gasteiger partial charge in [-0.15, -0.1) is 0 Å². The van der Waals surface area contributed by atoms with Gasteiger partial charge < -0.3 is 15.0 Å². The molecule has 0 aliphatic carbocycles. The molecule has 3 nitrogen and oxygen atoms in total. The van der Waals surface area contributed by atoms with Gasteiger partial charge in [-0.1, -0.05) is 27.7 Å². The molecular formula is C16H34N2O. The van der Waals surface area contributed by atoms with E-state index in [-0.39, 0.29) is 0 Å². The van der Waals surface area contributed by atoms with Crippen LogP contribution in [0, 0.1) is 11.3 Å². The summed E-state index contributed by atoms with van der Waals surface area (Å²) in [5.41, 5.74) is 0.425. The summed E-state index contributed by atoms with van der Waals surface area (Å²) in [6, 6.07) is 0. The van der Waals surface area contributed by atoms with Crippen molar-refractivity contribution in [3.8, 4) is 0 Å². The largest absolute Gasteiger partial charge is 0.380 e. The van der Waals surface area contributed by atoms with Gasteiger partial charge in [-0.05, 0) is 43.7 Å². The summed E-state index contributed by atoms with van der Waals surface area (Å²) in [6.07, 6.45) is 4.18. The van der Waals surface area contributed by atoms with Crippen LogP contribution in [0.15, 0.2) is 0 Å². The Balaban J connectivity index is 2.58. The van der Waals surface area contributed by atoms with Gasteiger partial charge in [-0.2, -0.15) is 0 Å². The van der Waals surface area contributed by atoms with Crippen molar-refractivity contribution in [2.24, 2.45) is 11.3 Å². The molecule has 0 bridgehead atoms. The van der Waals surface area contributed by atoms with Crippen LogP contribution in [0.2, 0.25) is 0 Å². The molecule has 0 aromatic carbocycles. The van der Waals surface area contributed by atoms with E-state index in [4.69, 9.17) is 4.74 Å². The SMILES string of the molecule is CCNCC(CC)(CC)CN1CCC(C)C(OC)C1. The first kappa shape index (κ1) is 16.9. The summed E-state index contributed by atoms with van der Waals surface area (Å²) in [7, 11) is 1.86. The molecule has 1 heterocycles. The third-order valence-electron chi connectivity index (χ3n) is 5.09. The second-order valence-electron chi connectivity index (χ2n) is 6.26. The normalized spacial score (nSPS) is 25.7. The van der Waals surface area contributed by atoms with E-state index in [1.165, 1.54) is 32.4 Å². The van der Waals surface area contributed by atoms with Crippen LogP contribution in [0.1, 0.15) is 47.0 Å². The fourth-order valence-electron chi connectivity index (χ4n) is 3.19.